The van der Waals surface area contributed by atoms with E-state index in [9.17, 15) is 37.1 Å². The molecule has 0 radical (unpaired) electrons. The Morgan fingerprint density at radius 3 is 2.51 bits per heavy atom. The van der Waals surface area contributed by atoms with Gasteiger partial charge in [-0.25, -0.2) is 9.37 Å². The summed E-state index contributed by atoms with van der Waals surface area (Å²) in [6.45, 7) is -0.0531. The number of halogens is 5. The number of pyridine rings is 2. The third-order valence-electron chi connectivity index (χ3n) is 6.37. The Morgan fingerprint density at radius 2 is 1.92 bits per heavy atom. The third-order valence-corrected chi connectivity index (χ3v) is 6.68. The Hall–Kier alpha value is -3.51. The van der Waals surface area contributed by atoms with Crippen molar-refractivity contribution in [2.75, 3.05) is 11.4 Å². The number of carbonyl (C=O) groups excluding carboxylic acids is 2. The molecule has 5 rings (SSSR count). The Kier molecular flexibility index (Phi) is 6.19. The Bertz CT molecular complexity index is 1470. The van der Waals surface area contributed by atoms with Crippen LogP contribution < -0.4 is 15.6 Å². The molecule has 1 aliphatic heterocycles. The highest BCUT2D eigenvalue weighted by Crippen LogP contribution is 2.40. The quantitative estimate of drug-likeness (QED) is 0.485. The molecule has 2 N–H and O–H groups in total. The predicted octanol–water partition coefficient (Wildman–Crippen LogP) is 3.35. The van der Waals surface area contributed by atoms with Gasteiger partial charge in [-0.15, -0.1) is 0 Å². The SMILES string of the molecule is O=C(N[C@@H](C1CC1)C(F)(F)F)c1cn(-c2c(F)cccc2Cl)c2nc(N3C[C@@H](O)CC3=O)ccc2c1=O. The smallest absolute Gasteiger partial charge is 0.391 e. The Morgan fingerprint density at radius 1 is 1.19 bits per heavy atom. The molecule has 1 saturated carbocycles. The summed E-state index contributed by atoms with van der Waals surface area (Å²) in [5, 5.41) is 11.4. The lowest BCUT2D eigenvalue weighted by molar-refractivity contribution is -0.158. The zero-order chi connectivity index (χ0) is 26.6. The molecule has 2 aromatic heterocycles. The number of para-hydroxylation sites is 1. The van der Waals surface area contributed by atoms with Crippen LogP contribution in [0.15, 0.2) is 41.3 Å². The van der Waals surface area contributed by atoms with E-state index in [4.69, 9.17) is 11.6 Å². The van der Waals surface area contributed by atoms with Crippen LogP contribution in [0.3, 0.4) is 0 Å². The molecule has 13 heteroatoms. The molecule has 0 unspecified atom stereocenters. The van der Waals surface area contributed by atoms with Crippen LogP contribution >= 0.6 is 11.6 Å². The molecular formula is C24H19ClF4N4O4. The maximum atomic E-state index is 14.9. The molecular weight excluding hydrogens is 520 g/mol. The molecule has 37 heavy (non-hydrogen) atoms. The molecule has 0 bridgehead atoms. The van der Waals surface area contributed by atoms with E-state index < -0.39 is 52.9 Å². The molecule has 2 atom stereocenters. The minimum atomic E-state index is -4.72. The van der Waals surface area contributed by atoms with Crippen molar-refractivity contribution in [1.29, 1.82) is 0 Å². The van der Waals surface area contributed by atoms with Crippen molar-refractivity contribution < 1.29 is 32.3 Å². The first-order valence-electron chi connectivity index (χ1n) is 11.3. The standard InChI is InChI=1S/C24H19ClF4N4O4/c25-15-2-1-3-16(26)19(15)33-10-14(23(37)31-21(11-4-5-11)24(27,28)29)20(36)13-6-7-17(30-22(13)33)32-9-12(34)8-18(32)35/h1-3,6-7,10-12,21,34H,4-5,8-9H2,(H,31,37)/t12-,21-/m0/s1. The van der Waals surface area contributed by atoms with Gasteiger partial charge in [0, 0.05) is 6.20 Å². The van der Waals surface area contributed by atoms with Gasteiger partial charge >= 0.3 is 6.18 Å². The average Bonchev–Trinajstić information content (AvgIpc) is 3.60. The predicted molar refractivity (Wildman–Crippen MR) is 125 cm³/mol. The first-order valence-corrected chi connectivity index (χ1v) is 11.7. The van der Waals surface area contributed by atoms with Gasteiger partial charge in [0.05, 0.1) is 29.5 Å². The number of amides is 2. The van der Waals surface area contributed by atoms with Crippen LogP contribution in [0.5, 0.6) is 0 Å². The number of aliphatic hydroxyl groups excluding tert-OH is 1. The molecule has 2 fully saturated rings. The summed E-state index contributed by atoms with van der Waals surface area (Å²) in [4.78, 5) is 44.0. The van der Waals surface area contributed by atoms with Crippen molar-refractivity contribution in [1.82, 2.24) is 14.9 Å². The van der Waals surface area contributed by atoms with E-state index in [1.807, 2.05) is 5.32 Å². The topological polar surface area (TPSA) is 105 Å². The van der Waals surface area contributed by atoms with Crippen LogP contribution in [0.1, 0.15) is 29.6 Å². The lowest BCUT2D eigenvalue weighted by Gasteiger charge is -2.22. The van der Waals surface area contributed by atoms with E-state index >= 15 is 0 Å². The van der Waals surface area contributed by atoms with E-state index in [-0.39, 0.29) is 53.4 Å². The number of anilines is 1. The van der Waals surface area contributed by atoms with Gasteiger partial charge < -0.3 is 10.4 Å². The van der Waals surface area contributed by atoms with Gasteiger partial charge in [-0.3, -0.25) is 23.9 Å². The highest BCUT2D eigenvalue weighted by Gasteiger charge is 2.50. The maximum Gasteiger partial charge on any atom is 0.408 e. The summed E-state index contributed by atoms with van der Waals surface area (Å²) in [6.07, 6.45) is -4.31. The highest BCUT2D eigenvalue weighted by molar-refractivity contribution is 6.32. The van der Waals surface area contributed by atoms with E-state index in [2.05, 4.69) is 4.98 Å². The molecule has 8 nitrogen and oxygen atoms in total. The molecule has 3 aromatic rings. The minimum absolute atomic E-state index is 0.0531. The molecule has 1 saturated heterocycles. The van der Waals surface area contributed by atoms with Crippen molar-refractivity contribution in [2.45, 2.75) is 37.6 Å². The first-order chi connectivity index (χ1) is 17.5. The van der Waals surface area contributed by atoms with Gasteiger partial charge in [0.1, 0.15) is 28.9 Å². The van der Waals surface area contributed by atoms with Gasteiger partial charge in [0.15, 0.2) is 5.65 Å². The fourth-order valence-corrected chi connectivity index (χ4v) is 4.67. The molecule has 3 heterocycles. The van der Waals surface area contributed by atoms with E-state index in [0.717, 1.165) is 16.8 Å². The van der Waals surface area contributed by atoms with Crippen molar-refractivity contribution in [3.05, 3.63) is 63.2 Å². The lowest BCUT2D eigenvalue weighted by atomic mass is 10.1. The number of hydrogen-bond donors (Lipinski definition) is 2. The van der Waals surface area contributed by atoms with Crippen LogP contribution in [0.25, 0.3) is 16.7 Å². The number of hydrogen-bond acceptors (Lipinski definition) is 5. The molecule has 1 aromatic carbocycles. The monoisotopic (exact) mass is 538 g/mol. The summed E-state index contributed by atoms with van der Waals surface area (Å²) >= 11 is 6.23. The van der Waals surface area contributed by atoms with Crippen molar-refractivity contribution >= 4 is 40.3 Å². The second-order valence-electron chi connectivity index (χ2n) is 9.05. The van der Waals surface area contributed by atoms with E-state index in [0.29, 0.717) is 0 Å². The van der Waals surface area contributed by atoms with Crippen LogP contribution in [0.2, 0.25) is 5.02 Å². The summed E-state index contributed by atoms with van der Waals surface area (Å²) in [6, 6.07) is 4.16. The van der Waals surface area contributed by atoms with Crippen LogP contribution in [-0.2, 0) is 4.79 Å². The first kappa shape index (κ1) is 25.2. The second kappa shape index (κ2) is 9.10. The number of rotatable bonds is 5. The fraction of sp³-hybridized carbons (Fsp3) is 0.333. The molecule has 2 aliphatic rings. The van der Waals surface area contributed by atoms with Crippen LogP contribution in [0.4, 0.5) is 23.4 Å². The minimum Gasteiger partial charge on any atom is -0.391 e. The summed E-state index contributed by atoms with van der Waals surface area (Å²) < 4.78 is 56.5. The Labute approximate surface area is 211 Å². The summed E-state index contributed by atoms with van der Waals surface area (Å²) in [7, 11) is 0. The van der Waals surface area contributed by atoms with Gasteiger partial charge in [0.2, 0.25) is 11.3 Å². The second-order valence-corrected chi connectivity index (χ2v) is 9.45. The zero-order valence-corrected chi connectivity index (χ0v) is 19.7. The number of nitrogens with zero attached hydrogens (tertiary/aromatic N) is 3. The number of nitrogens with one attached hydrogen (secondary N) is 1. The highest BCUT2D eigenvalue weighted by atomic mass is 35.5. The molecule has 194 valence electrons. The fourth-order valence-electron chi connectivity index (χ4n) is 4.42. The van der Waals surface area contributed by atoms with Crippen LogP contribution in [0, 0.1) is 11.7 Å². The van der Waals surface area contributed by atoms with Crippen molar-refractivity contribution in [2.24, 2.45) is 5.92 Å². The summed E-state index contributed by atoms with van der Waals surface area (Å²) in [5.74, 6) is -3.28. The molecule has 1 aliphatic carbocycles. The van der Waals surface area contributed by atoms with Crippen molar-refractivity contribution in [3.8, 4) is 5.69 Å². The number of benzene rings is 1. The Balaban J connectivity index is 1.69. The van der Waals surface area contributed by atoms with Gasteiger partial charge in [-0.2, -0.15) is 13.2 Å². The third kappa shape index (κ3) is 4.66. The van der Waals surface area contributed by atoms with Gasteiger partial charge in [-0.05, 0) is 43.0 Å². The normalized spacial score (nSPS) is 18.9. The van der Waals surface area contributed by atoms with E-state index in [1.54, 1.807) is 0 Å². The van der Waals surface area contributed by atoms with Gasteiger partial charge in [0.25, 0.3) is 5.91 Å². The lowest BCUT2D eigenvalue weighted by Crippen LogP contribution is -2.48. The number of β-amino-alcohol motifs (C(OH)–C–C–N with tert-alkyl or cyclic N) is 1. The largest absolute Gasteiger partial charge is 0.408 e. The average molecular weight is 539 g/mol. The van der Waals surface area contributed by atoms with E-state index in [1.165, 1.54) is 29.2 Å². The molecule has 0 spiro atoms. The number of aromatic nitrogens is 2. The number of fused-ring (bicyclic) bond motifs is 1. The summed E-state index contributed by atoms with van der Waals surface area (Å²) in [5.41, 5.74) is -2.08. The number of aliphatic hydroxyl groups is 1. The number of carbonyl (C=O) groups is 2. The van der Waals surface area contributed by atoms with Crippen LogP contribution in [-0.4, -0.2) is 51.3 Å². The zero-order valence-electron chi connectivity index (χ0n) is 18.9. The van der Waals surface area contributed by atoms with Gasteiger partial charge in [-0.1, -0.05) is 17.7 Å². The van der Waals surface area contributed by atoms with Crippen molar-refractivity contribution in [3.63, 3.8) is 0 Å². The number of alkyl halides is 3. The molecule has 2 amide bonds. The maximum absolute atomic E-state index is 14.9.